The first-order valence-electron chi connectivity index (χ1n) is 5.92. The molecule has 0 spiro atoms. The Morgan fingerprint density at radius 2 is 1.81 bits per heavy atom. The summed E-state index contributed by atoms with van der Waals surface area (Å²) in [4.78, 5) is 3.81. The number of anilines is 1. The summed E-state index contributed by atoms with van der Waals surface area (Å²) >= 11 is 0. The van der Waals surface area contributed by atoms with Crippen molar-refractivity contribution in [2.75, 3.05) is 11.6 Å². The van der Waals surface area contributed by atoms with E-state index in [2.05, 4.69) is 10.3 Å². The van der Waals surface area contributed by atoms with Gasteiger partial charge in [-0.1, -0.05) is 0 Å². The van der Waals surface area contributed by atoms with E-state index in [1.807, 2.05) is 0 Å². The van der Waals surface area contributed by atoms with Crippen molar-refractivity contribution in [3.63, 3.8) is 0 Å². The Bertz CT molecular complexity index is 757. The number of hydrogen-bond donors (Lipinski definition) is 4. The van der Waals surface area contributed by atoms with Gasteiger partial charge in [-0.05, 0) is 24.3 Å². The lowest BCUT2D eigenvalue weighted by molar-refractivity contribution is 0.365. The lowest BCUT2D eigenvalue weighted by Gasteiger charge is -2.10. The molecule has 7 nitrogen and oxygen atoms in total. The first kappa shape index (κ1) is 14.9. The average Bonchev–Trinajstić information content (AvgIpc) is 2.43. The predicted octanol–water partition coefficient (Wildman–Crippen LogP) is 1.21. The van der Waals surface area contributed by atoms with Crippen LogP contribution in [0.3, 0.4) is 0 Å². The normalized spacial score (nSPS) is 11.3. The second-order valence-corrected chi connectivity index (χ2v) is 6.41. The van der Waals surface area contributed by atoms with Crippen molar-refractivity contribution >= 4 is 15.5 Å². The summed E-state index contributed by atoms with van der Waals surface area (Å²) in [5, 5.41) is 31.2. The van der Waals surface area contributed by atoms with Crippen LogP contribution in [0.25, 0.3) is 0 Å². The molecule has 0 atom stereocenters. The minimum Gasteiger partial charge on any atom is -0.504 e. The Labute approximate surface area is 121 Å². The molecule has 0 amide bonds. The van der Waals surface area contributed by atoms with E-state index in [1.165, 1.54) is 24.4 Å². The second-order valence-electron chi connectivity index (χ2n) is 4.45. The number of rotatable bonds is 4. The van der Waals surface area contributed by atoms with Crippen LogP contribution in [0.15, 0.2) is 35.5 Å². The van der Waals surface area contributed by atoms with Gasteiger partial charge < -0.3 is 20.6 Å². The molecular weight excluding hydrogens is 296 g/mol. The molecule has 0 saturated carbocycles. The van der Waals surface area contributed by atoms with E-state index >= 15 is 0 Å². The molecule has 112 valence electrons. The van der Waals surface area contributed by atoms with Crippen molar-refractivity contribution in [1.82, 2.24) is 4.98 Å². The average molecular weight is 310 g/mol. The fraction of sp³-hybridized carbons (Fsp3) is 0.154. The third-order valence-corrected chi connectivity index (χ3v) is 3.81. The molecule has 8 heteroatoms. The van der Waals surface area contributed by atoms with E-state index in [1.54, 1.807) is 6.07 Å². The van der Waals surface area contributed by atoms with E-state index in [9.17, 15) is 23.7 Å². The second kappa shape index (κ2) is 5.49. The fourth-order valence-electron chi connectivity index (χ4n) is 1.65. The van der Waals surface area contributed by atoms with Crippen molar-refractivity contribution in [2.24, 2.45) is 0 Å². The number of pyridine rings is 1. The van der Waals surface area contributed by atoms with E-state index in [0.717, 1.165) is 6.26 Å². The summed E-state index contributed by atoms with van der Waals surface area (Å²) in [7, 11) is -3.34. The number of aromatic hydroxyl groups is 3. The van der Waals surface area contributed by atoms with Crippen LogP contribution in [-0.4, -0.2) is 35.0 Å². The Balaban J connectivity index is 2.12. The maximum absolute atomic E-state index is 11.3. The summed E-state index contributed by atoms with van der Waals surface area (Å²) in [6.07, 6.45) is 2.42. The van der Waals surface area contributed by atoms with Crippen molar-refractivity contribution < 1.29 is 23.7 Å². The summed E-state index contributed by atoms with van der Waals surface area (Å²) in [5.74, 6) is -1.40. The molecule has 0 unspecified atom stereocenters. The highest BCUT2D eigenvalue weighted by molar-refractivity contribution is 7.90. The maximum Gasteiger partial charge on any atom is 0.200 e. The molecule has 0 aliphatic carbocycles. The van der Waals surface area contributed by atoms with Gasteiger partial charge in [0.1, 0.15) is 0 Å². The highest BCUT2D eigenvalue weighted by Crippen LogP contribution is 2.37. The van der Waals surface area contributed by atoms with Gasteiger partial charge >= 0.3 is 0 Å². The summed E-state index contributed by atoms with van der Waals surface area (Å²) < 4.78 is 22.5. The molecular formula is C13H14N2O5S. The fourth-order valence-corrected chi connectivity index (χ4v) is 2.21. The molecule has 0 bridgehead atoms. The SMILES string of the molecule is CS(=O)(=O)c1ccc(NCc2ccc(O)c(O)c2O)cn1. The van der Waals surface area contributed by atoms with E-state index < -0.39 is 27.1 Å². The smallest absolute Gasteiger partial charge is 0.200 e. The van der Waals surface area contributed by atoms with Crippen LogP contribution >= 0.6 is 0 Å². The number of hydrogen-bond acceptors (Lipinski definition) is 7. The van der Waals surface area contributed by atoms with Crippen LogP contribution in [0.4, 0.5) is 5.69 Å². The quantitative estimate of drug-likeness (QED) is 0.627. The third-order valence-electron chi connectivity index (χ3n) is 2.81. The molecule has 2 rings (SSSR count). The lowest BCUT2D eigenvalue weighted by Crippen LogP contribution is -2.03. The number of sulfone groups is 1. The minimum atomic E-state index is -3.34. The van der Waals surface area contributed by atoms with Gasteiger partial charge in [-0.15, -0.1) is 0 Å². The van der Waals surface area contributed by atoms with Crippen LogP contribution in [0.1, 0.15) is 5.56 Å². The van der Waals surface area contributed by atoms with E-state index in [-0.39, 0.29) is 11.6 Å². The number of nitrogens with one attached hydrogen (secondary N) is 1. The summed E-state index contributed by atoms with van der Waals surface area (Å²) in [6.45, 7) is 0.166. The number of benzene rings is 1. The molecule has 4 N–H and O–H groups in total. The summed E-state index contributed by atoms with van der Waals surface area (Å²) in [6, 6.07) is 5.62. The molecule has 0 aliphatic heterocycles. The Hall–Kier alpha value is -2.48. The molecule has 0 radical (unpaired) electrons. The van der Waals surface area contributed by atoms with Gasteiger partial charge in [0.25, 0.3) is 0 Å². The van der Waals surface area contributed by atoms with Crippen LogP contribution < -0.4 is 5.32 Å². The summed E-state index contributed by atoms with van der Waals surface area (Å²) in [5.41, 5.74) is 0.923. The third kappa shape index (κ3) is 3.34. The molecule has 1 aromatic carbocycles. The molecule has 21 heavy (non-hydrogen) atoms. The number of nitrogens with zero attached hydrogens (tertiary/aromatic N) is 1. The van der Waals surface area contributed by atoms with Gasteiger partial charge in [-0.3, -0.25) is 0 Å². The van der Waals surface area contributed by atoms with Gasteiger partial charge in [0.05, 0.1) is 11.9 Å². The number of phenolic OH excluding ortho intramolecular Hbond substituents is 3. The largest absolute Gasteiger partial charge is 0.504 e. The lowest BCUT2D eigenvalue weighted by atomic mass is 10.1. The first-order chi connectivity index (χ1) is 9.79. The monoisotopic (exact) mass is 310 g/mol. The Kier molecular flexibility index (Phi) is 3.90. The zero-order chi connectivity index (χ0) is 15.6. The Morgan fingerprint density at radius 3 is 2.38 bits per heavy atom. The van der Waals surface area contributed by atoms with Crippen molar-refractivity contribution in [2.45, 2.75) is 11.6 Å². The highest BCUT2D eigenvalue weighted by atomic mass is 32.2. The van der Waals surface area contributed by atoms with Gasteiger partial charge in [-0.2, -0.15) is 0 Å². The minimum absolute atomic E-state index is 0.0295. The maximum atomic E-state index is 11.3. The first-order valence-corrected chi connectivity index (χ1v) is 7.81. The zero-order valence-corrected chi connectivity index (χ0v) is 11.9. The topological polar surface area (TPSA) is 120 Å². The molecule has 0 aliphatic rings. The molecule has 0 saturated heterocycles. The molecule has 1 heterocycles. The highest BCUT2D eigenvalue weighted by Gasteiger charge is 2.11. The van der Waals surface area contributed by atoms with E-state index in [0.29, 0.717) is 11.3 Å². The van der Waals surface area contributed by atoms with Crippen molar-refractivity contribution in [3.8, 4) is 17.2 Å². The van der Waals surface area contributed by atoms with Crippen LogP contribution in [0.2, 0.25) is 0 Å². The molecule has 0 fully saturated rings. The predicted molar refractivity (Wildman–Crippen MR) is 76.1 cm³/mol. The van der Waals surface area contributed by atoms with Crippen molar-refractivity contribution in [1.29, 1.82) is 0 Å². The number of aromatic nitrogens is 1. The van der Waals surface area contributed by atoms with Gasteiger partial charge in [0, 0.05) is 18.4 Å². The number of phenols is 3. The van der Waals surface area contributed by atoms with Crippen LogP contribution in [0, 0.1) is 0 Å². The van der Waals surface area contributed by atoms with Crippen molar-refractivity contribution in [3.05, 3.63) is 36.0 Å². The standard InChI is InChI=1S/C13H14N2O5S/c1-21(19,20)11-5-3-9(7-15-11)14-6-8-2-4-10(16)13(18)12(8)17/h2-5,7,14,16-18H,6H2,1H3. The van der Waals surface area contributed by atoms with Crippen LogP contribution in [-0.2, 0) is 16.4 Å². The van der Waals surface area contributed by atoms with Gasteiger partial charge in [-0.25, -0.2) is 13.4 Å². The van der Waals surface area contributed by atoms with Gasteiger partial charge in [0.15, 0.2) is 26.4 Å². The van der Waals surface area contributed by atoms with Gasteiger partial charge in [0.2, 0.25) is 5.75 Å². The van der Waals surface area contributed by atoms with E-state index in [4.69, 9.17) is 0 Å². The molecule has 1 aromatic heterocycles. The zero-order valence-electron chi connectivity index (χ0n) is 11.1. The van der Waals surface area contributed by atoms with Crippen LogP contribution in [0.5, 0.6) is 17.2 Å². The molecule has 2 aromatic rings. The Morgan fingerprint density at radius 1 is 1.10 bits per heavy atom.